The fraction of sp³-hybridized carbons (Fsp3) is 0.455. The summed E-state index contributed by atoms with van der Waals surface area (Å²) in [7, 11) is 0. The van der Waals surface area contributed by atoms with Crippen LogP contribution in [0.15, 0.2) is 21.7 Å². The molecule has 2 heterocycles. The van der Waals surface area contributed by atoms with Crippen LogP contribution in [0.5, 0.6) is 0 Å². The van der Waals surface area contributed by atoms with E-state index in [1.54, 1.807) is 0 Å². The smallest absolute Gasteiger partial charge is 0.333 e. The Morgan fingerprint density at radius 2 is 2.32 bits per heavy atom. The van der Waals surface area contributed by atoms with Crippen molar-refractivity contribution in [2.24, 2.45) is 5.92 Å². The van der Waals surface area contributed by atoms with E-state index >= 15 is 0 Å². The Labute approximate surface area is 116 Å². The lowest BCUT2D eigenvalue weighted by Gasteiger charge is -2.09. The highest BCUT2D eigenvalue weighted by Crippen LogP contribution is 2.16. The van der Waals surface area contributed by atoms with Gasteiger partial charge in [0.2, 0.25) is 0 Å². The maximum Gasteiger partial charge on any atom is 0.333 e. The van der Waals surface area contributed by atoms with Crippen LogP contribution in [0.3, 0.4) is 0 Å². The van der Waals surface area contributed by atoms with Crippen LogP contribution in [-0.4, -0.2) is 28.5 Å². The summed E-state index contributed by atoms with van der Waals surface area (Å²) in [5.41, 5.74) is -1.25. The summed E-state index contributed by atoms with van der Waals surface area (Å²) in [6.07, 6.45) is 3.13. The van der Waals surface area contributed by atoms with Crippen molar-refractivity contribution in [2.45, 2.75) is 13.0 Å². The number of Topliss-reactive ketones (excluding diaryl/α,β-unsaturated/α-hetero) is 1. The molecule has 0 aliphatic carbocycles. The van der Waals surface area contributed by atoms with Crippen molar-refractivity contribution in [1.82, 2.24) is 4.57 Å². The quantitative estimate of drug-likeness (QED) is 0.609. The summed E-state index contributed by atoms with van der Waals surface area (Å²) in [4.78, 5) is 33.4. The molecule has 7 nitrogen and oxygen atoms in total. The number of ether oxygens (including phenoxy) is 1. The van der Waals surface area contributed by atoms with Gasteiger partial charge in [-0.3, -0.25) is 19.7 Å². The second-order valence-electron chi connectivity index (χ2n) is 4.28. The molecule has 0 N–H and O–H groups in total. The van der Waals surface area contributed by atoms with E-state index in [9.17, 15) is 19.7 Å². The first kappa shape index (κ1) is 13.9. The van der Waals surface area contributed by atoms with Gasteiger partial charge in [0.15, 0.2) is 5.78 Å². The fourth-order valence-corrected chi connectivity index (χ4v) is 2.36. The Bertz CT molecular complexity index is 577. The maximum absolute atomic E-state index is 11.9. The third-order valence-corrected chi connectivity index (χ3v) is 3.50. The highest BCUT2D eigenvalue weighted by atomic mass is 79.9. The Hall–Kier alpha value is -1.54. The predicted molar refractivity (Wildman–Crippen MR) is 69.0 cm³/mol. The first-order valence-electron chi connectivity index (χ1n) is 5.63. The fourth-order valence-electron chi connectivity index (χ4n) is 1.90. The normalized spacial score (nSPS) is 18.5. The monoisotopic (exact) mass is 330 g/mol. The van der Waals surface area contributed by atoms with Gasteiger partial charge in [-0.15, -0.1) is 0 Å². The summed E-state index contributed by atoms with van der Waals surface area (Å²) in [5.74, 6) is -0.223. The molecule has 1 fully saturated rings. The first-order chi connectivity index (χ1) is 8.99. The van der Waals surface area contributed by atoms with E-state index in [-0.39, 0.29) is 22.7 Å². The summed E-state index contributed by atoms with van der Waals surface area (Å²) in [6.45, 7) is 0.945. The highest BCUT2D eigenvalue weighted by Gasteiger charge is 2.24. The topological polar surface area (TPSA) is 91.4 Å². The van der Waals surface area contributed by atoms with Crippen LogP contribution >= 0.6 is 15.9 Å². The zero-order chi connectivity index (χ0) is 14.0. The first-order valence-corrected chi connectivity index (χ1v) is 6.43. The minimum atomic E-state index is -0.757. The number of aromatic nitrogens is 1. The van der Waals surface area contributed by atoms with E-state index in [1.807, 2.05) is 0 Å². The van der Waals surface area contributed by atoms with Crippen molar-refractivity contribution in [2.75, 3.05) is 13.2 Å². The highest BCUT2D eigenvalue weighted by molar-refractivity contribution is 9.10. The largest absolute Gasteiger partial charge is 0.381 e. The number of carbonyl (C=O) groups is 1. The van der Waals surface area contributed by atoms with Gasteiger partial charge in [0.25, 0.3) is 5.43 Å². The van der Waals surface area contributed by atoms with Gasteiger partial charge in [-0.25, -0.2) is 0 Å². The van der Waals surface area contributed by atoms with Gasteiger partial charge in [-0.05, 0) is 22.4 Å². The van der Waals surface area contributed by atoms with Crippen LogP contribution in [-0.2, 0) is 16.1 Å². The summed E-state index contributed by atoms with van der Waals surface area (Å²) in [5, 5.41) is 10.7. The minimum Gasteiger partial charge on any atom is -0.381 e. The zero-order valence-electron chi connectivity index (χ0n) is 9.87. The Kier molecular flexibility index (Phi) is 4.11. The van der Waals surface area contributed by atoms with Crippen molar-refractivity contribution in [1.29, 1.82) is 0 Å². The molecule has 2 rings (SSSR count). The number of rotatable bonds is 4. The van der Waals surface area contributed by atoms with Crippen LogP contribution in [0.2, 0.25) is 0 Å². The molecule has 1 saturated heterocycles. The van der Waals surface area contributed by atoms with E-state index in [4.69, 9.17) is 4.74 Å². The van der Waals surface area contributed by atoms with Gasteiger partial charge < -0.3 is 9.30 Å². The van der Waals surface area contributed by atoms with Crippen LogP contribution in [0.1, 0.15) is 6.42 Å². The summed E-state index contributed by atoms with van der Waals surface area (Å²) in [6, 6.07) is 0. The van der Waals surface area contributed by atoms with E-state index in [0.717, 1.165) is 6.20 Å². The standard InChI is InChI=1S/C11H11BrN2O5/c12-8-3-13(4-9(11(8)16)14(17)18)5-10(15)7-1-2-19-6-7/h3-4,7H,1-2,5-6H2. The van der Waals surface area contributed by atoms with Crippen molar-refractivity contribution < 1.29 is 14.5 Å². The molecule has 0 spiro atoms. The molecule has 102 valence electrons. The maximum atomic E-state index is 11.9. The lowest BCUT2D eigenvalue weighted by Crippen LogP contribution is -2.22. The molecule has 0 amide bonds. The molecule has 0 radical (unpaired) electrons. The third-order valence-electron chi connectivity index (χ3n) is 2.94. The average molecular weight is 331 g/mol. The molecule has 1 aliphatic rings. The number of halogens is 1. The second kappa shape index (κ2) is 5.62. The SMILES string of the molecule is O=C(Cn1cc(Br)c(=O)c([N+](=O)[O-])c1)C1CCOC1. The van der Waals surface area contributed by atoms with Crippen molar-refractivity contribution in [3.05, 3.63) is 37.2 Å². The van der Waals surface area contributed by atoms with Crippen LogP contribution in [0.25, 0.3) is 0 Å². The molecular formula is C11H11BrN2O5. The molecule has 19 heavy (non-hydrogen) atoms. The number of carbonyl (C=O) groups excluding carboxylic acids is 1. The molecule has 1 unspecified atom stereocenters. The van der Waals surface area contributed by atoms with Gasteiger partial charge in [0.1, 0.15) is 0 Å². The molecular weight excluding hydrogens is 320 g/mol. The summed E-state index contributed by atoms with van der Waals surface area (Å²) >= 11 is 2.96. The average Bonchev–Trinajstić information content (AvgIpc) is 2.86. The van der Waals surface area contributed by atoms with Crippen molar-refractivity contribution >= 4 is 27.4 Å². The molecule has 1 aliphatic heterocycles. The Morgan fingerprint density at radius 3 is 2.89 bits per heavy atom. The lowest BCUT2D eigenvalue weighted by atomic mass is 10.0. The lowest BCUT2D eigenvalue weighted by molar-refractivity contribution is -0.386. The molecule has 0 saturated carbocycles. The van der Waals surface area contributed by atoms with E-state index in [2.05, 4.69) is 15.9 Å². The molecule has 1 aromatic heterocycles. The molecule has 1 atom stereocenters. The Balaban J connectivity index is 2.23. The van der Waals surface area contributed by atoms with Gasteiger partial charge >= 0.3 is 5.69 Å². The number of pyridine rings is 1. The predicted octanol–water partition coefficient (Wildman–Crippen LogP) is 1.12. The molecule has 1 aromatic rings. The molecule has 0 bridgehead atoms. The number of nitrogens with zero attached hydrogens (tertiary/aromatic N) is 2. The van der Waals surface area contributed by atoms with Crippen molar-refractivity contribution in [3.63, 3.8) is 0 Å². The third kappa shape index (κ3) is 3.07. The number of hydrogen-bond acceptors (Lipinski definition) is 5. The van der Waals surface area contributed by atoms with E-state index in [1.165, 1.54) is 10.8 Å². The zero-order valence-corrected chi connectivity index (χ0v) is 11.5. The van der Waals surface area contributed by atoms with Crippen molar-refractivity contribution in [3.8, 4) is 0 Å². The second-order valence-corrected chi connectivity index (χ2v) is 5.13. The van der Waals surface area contributed by atoms with Crippen LogP contribution in [0.4, 0.5) is 5.69 Å². The van der Waals surface area contributed by atoms with Gasteiger partial charge in [-0.2, -0.15) is 0 Å². The van der Waals surface area contributed by atoms with Gasteiger partial charge in [-0.1, -0.05) is 0 Å². The van der Waals surface area contributed by atoms with Gasteiger partial charge in [0.05, 0.1) is 28.7 Å². The molecule has 0 aromatic carbocycles. The van der Waals surface area contributed by atoms with E-state index < -0.39 is 16.0 Å². The number of ketones is 1. The molecule has 8 heteroatoms. The minimum absolute atomic E-state index is 0.00620. The van der Waals surface area contributed by atoms with Gasteiger partial charge in [0, 0.05) is 18.7 Å². The Morgan fingerprint density at radius 1 is 1.58 bits per heavy atom. The number of nitro groups is 1. The number of hydrogen-bond donors (Lipinski definition) is 0. The summed E-state index contributed by atoms with van der Waals surface area (Å²) < 4.78 is 6.54. The van der Waals surface area contributed by atoms with Crippen LogP contribution < -0.4 is 5.43 Å². The van der Waals surface area contributed by atoms with E-state index in [0.29, 0.717) is 19.6 Å². The van der Waals surface area contributed by atoms with Crippen LogP contribution in [0, 0.1) is 16.0 Å².